The summed E-state index contributed by atoms with van der Waals surface area (Å²) in [5.74, 6) is 0.728. The van der Waals surface area contributed by atoms with Crippen molar-refractivity contribution in [2.45, 2.75) is 65.1 Å². The maximum atomic E-state index is 13.0. The molecule has 2 N–H and O–H groups in total. The molecule has 2 aliphatic rings. The number of nitrogens with zero attached hydrogens (tertiary/aromatic N) is 2. The lowest BCUT2D eigenvalue weighted by atomic mass is 9.85. The SMILES string of the molecule is Cc1ccc2c(C(N)=O)c(C)n(C(C)N(C3CC4CCC(C4)C3)S(C)(=O)=O)c2c1Br. The van der Waals surface area contributed by atoms with Gasteiger partial charge in [-0.15, -0.1) is 0 Å². The predicted molar refractivity (Wildman–Crippen MR) is 123 cm³/mol. The second-order valence-electron chi connectivity index (χ2n) is 9.18. The van der Waals surface area contributed by atoms with Gasteiger partial charge in [-0.3, -0.25) is 4.79 Å². The summed E-state index contributed by atoms with van der Waals surface area (Å²) in [4.78, 5) is 12.3. The third kappa shape index (κ3) is 3.50. The normalized spacial score (nSPS) is 25.2. The molecule has 2 fully saturated rings. The lowest BCUT2D eigenvalue weighted by Crippen LogP contribution is -2.46. The van der Waals surface area contributed by atoms with Gasteiger partial charge in [-0.25, -0.2) is 8.42 Å². The summed E-state index contributed by atoms with van der Waals surface area (Å²) in [6, 6.07) is 3.83. The van der Waals surface area contributed by atoms with E-state index in [-0.39, 0.29) is 6.04 Å². The fourth-order valence-corrected chi connectivity index (χ4v) is 7.91. The summed E-state index contributed by atoms with van der Waals surface area (Å²) in [6.45, 7) is 5.75. The molecule has 0 saturated heterocycles. The van der Waals surface area contributed by atoms with Crippen molar-refractivity contribution < 1.29 is 13.2 Å². The summed E-state index contributed by atoms with van der Waals surface area (Å²) < 4.78 is 30.6. The number of fused-ring (bicyclic) bond motifs is 3. The number of carbonyl (C=O) groups excluding carboxylic acids is 1. The Morgan fingerprint density at radius 3 is 2.33 bits per heavy atom. The van der Waals surface area contributed by atoms with Crippen molar-refractivity contribution in [2.75, 3.05) is 6.26 Å². The van der Waals surface area contributed by atoms with Gasteiger partial charge in [-0.05, 0) is 73.4 Å². The van der Waals surface area contributed by atoms with Gasteiger partial charge in [0.15, 0.2) is 0 Å². The van der Waals surface area contributed by atoms with Crippen LogP contribution in [-0.2, 0) is 10.0 Å². The van der Waals surface area contributed by atoms with Crippen LogP contribution in [0, 0.1) is 25.7 Å². The minimum Gasteiger partial charge on any atom is -0.366 e. The molecular weight excluding hydrogens is 466 g/mol. The number of amides is 1. The molecule has 3 atom stereocenters. The van der Waals surface area contributed by atoms with Crippen molar-refractivity contribution in [3.8, 4) is 0 Å². The Labute approximate surface area is 187 Å². The Morgan fingerprint density at radius 2 is 1.80 bits per heavy atom. The number of carbonyl (C=O) groups is 1. The Morgan fingerprint density at radius 1 is 1.20 bits per heavy atom. The molecule has 8 heteroatoms. The number of aryl methyl sites for hydroxylation is 1. The number of aromatic nitrogens is 1. The summed E-state index contributed by atoms with van der Waals surface area (Å²) in [5, 5.41) is 0.751. The van der Waals surface area contributed by atoms with Gasteiger partial charge >= 0.3 is 0 Å². The zero-order valence-corrected chi connectivity index (χ0v) is 20.4. The number of sulfonamides is 1. The van der Waals surface area contributed by atoms with E-state index in [4.69, 9.17) is 5.73 Å². The Hall–Kier alpha value is -1.38. The quantitative estimate of drug-likeness (QED) is 0.663. The number of rotatable bonds is 5. The molecule has 1 aromatic heterocycles. The highest BCUT2D eigenvalue weighted by Crippen LogP contribution is 2.46. The van der Waals surface area contributed by atoms with Gasteiger partial charge in [0.05, 0.1) is 23.5 Å². The molecular formula is C22H30BrN3O3S. The maximum Gasteiger partial charge on any atom is 0.251 e. The molecule has 6 nitrogen and oxygen atoms in total. The smallest absolute Gasteiger partial charge is 0.251 e. The van der Waals surface area contributed by atoms with Gasteiger partial charge in [-0.1, -0.05) is 25.0 Å². The maximum absolute atomic E-state index is 13.0. The number of hydrogen-bond donors (Lipinski definition) is 1. The number of benzene rings is 1. The second kappa shape index (κ2) is 7.64. The molecule has 2 aromatic rings. The van der Waals surface area contributed by atoms with Crippen molar-refractivity contribution in [1.29, 1.82) is 0 Å². The van der Waals surface area contributed by atoms with E-state index in [0.29, 0.717) is 23.1 Å². The fraction of sp³-hybridized carbons (Fsp3) is 0.591. The first-order valence-electron chi connectivity index (χ1n) is 10.6. The zero-order chi connectivity index (χ0) is 22.0. The molecule has 3 unspecified atom stereocenters. The average molecular weight is 496 g/mol. The van der Waals surface area contributed by atoms with Crippen LogP contribution in [0.25, 0.3) is 10.9 Å². The van der Waals surface area contributed by atoms with Crippen LogP contribution in [0.5, 0.6) is 0 Å². The highest BCUT2D eigenvalue weighted by molar-refractivity contribution is 9.10. The monoisotopic (exact) mass is 495 g/mol. The average Bonchev–Trinajstić information content (AvgIpc) is 3.13. The van der Waals surface area contributed by atoms with Crippen LogP contribution in [0.2, 0.25) is 0 Å². The number of halogens is 1. The van der Waals surface area contributed by atoms with Crippen LogP contribution in [0.3, 0.4) is 0 Å². The number of nitrogens with two attached hydrogens (primary N) is 1. The van der Waals surface area contributed by atoms with Gasteiger partial charge in [0.25, 0.3) is 5.91 Å². The molecule has 1 heterocycles. The van der Waals surface area contributed by atoms with Gasteiger partial charge in [0.2, 0.25) is 10.0 Å². The Kier molecular flexibility index (Phi) is 5.56. The molecule has 2 aliphatic carbocycles. The number of primary amides is 1. The third-order valence-corrected chi connectivity index (χ3v) is 9.50. The molecule has 4 rings (SSSR count). The van der Waals surface area contributed by atoms with Crippen LogP contribution in [0.1, 0.15) is 66.8 Å². The molecule has 0 aliphatic heterocycles. The molecule has 2 saturated carbocycles. The zero-order valence-electron chi connectivity index (χ0n) is 18.0. The first-order valence-corrected chi connectivity index (χ1v) is 13.2. The molecule has 0 spiro atoms. The second-order valence-corrected chi connectivity index (χ2v) is 11.9. The summed E-state index contributed by atoms with van der Waals surface area (Å²) in [7, 11) is -3.47. The van der Waals surface area contributed by atoms with Gasteiger partial charge in [-0.2, -0.15) is 4.31 Å². The van der Waals surface area contributed by atoms with Crippen LogP contribution in [0.15, 0.2) is 16.6 Å². The van der Waals surface area contributed by atoms with E-state index in [1.54, 1.807) is 4.31 Å². The van der Waals surface area contributed by atoms with Crippen LogP contribution in [0.4, 0.5) is 0 Å². The van der Waals surface area contributed by atoms with E-state index in [0.717, 1.165) is 33.8 Å². The molecule has 2 bridgehead atoms. The largest absolute Gasteiger partial charge is 0.366 e. The summed E-state index contributed by atoms with van der Waals surface area (Å²) in [6.07, 6.45) is 6.30. The van der Waals surface area contributed by atoms with Crippen molar-refractivity contribution in [1.82, 2.24) is 8.87 Å². The van der Waals surface area contributed by atoms with E-state index in [2.05, 4.69) is 15.9 Å². The van der Waals surface area contributed by atoms with Gasteiger partial charge < -0.3 is 10.3 Å². The lowest BCUT2D eigenvalue weighted by molar-refractivity contribution is 0.100. The van der Waals surface area contributed by atoms with Crippen molar-refractivity contribution >= 4 is 42.8 Å². The van der Waals surface area contributed by atoms with Gasteiger partial charge in [0, 0.05) is 21.6 Å². The first-order chi connectivity index (χ1) is 14.0. The van der Waals surface area contributed by atoms with Crippen molar-refractivity contribution in [3.63, 3.8) is 0 Å². The Balaban J connectivity index is 1.90. The van der Waals surface area contributed by atoms with Crippen LogP contribution in [-0.4, -0.2) is 35.5 Å². The van der Waals surface area contributed by atoms with E-state index in [9.17, 15) is 13.2 Å². The minimum absolute atomic E-state index is 0.0151. The third-order valence-electron chi connectivity index (χ3n) is 7.13. The molecule has 1 aromatic carbocycles. The molecule has 0 radical (unpaired) electrons. The van der Waals surface area contributed by atoms with Gasteiger partial charge in [0.1, 0.15) is 0 Å². The lowest BCUT2D eigenvalue weighted by Gasteiger charge is -2.40. The summed E-state index contributed by atoms with van der Waals surface area (Å²) in [5.41, 5.74) is 8.72. The molecule has 164 valence electrons. The fourth-order valence-electron chi connectivity index (χ4n) is 6.01. The van der Waals surface area contributed by atoms with Crippen molar-refractivity contribution in [2.24, 2.45) is 17.6 Å². The van der Waals surface area contributed by atoms with E-state index >= 15 is 0 Å². The first kappa shape index (κ1) is 21.8. The predicted octanol–water partition coefficient (Wildman–Crippen LogP) is 4.48. The van der Waals surface area contributed by atoms with Crippen molar-refractivity contribution in [3.05, 3.63) is 33.4 Å². The summed E-state index contributed by atoms with van der Waals surface area (Å²) >= 11 is 3.68. The van der Waals surface area contributed by atoms with E-state index in [1.807, 2.05) is 37.5 Å². The Bertz CT molecular complexity index is 1110. The number of hydrogen-bond acceptors (Lipinski definition) is 3. The molecule has 1 amide bonds. The van der Waals surface area contributed by atoms with Crippen LogP contribution < -0.4 is 5.73 Å². The van der Waals surface area contributed by atoms with E-state index < -0.39 is 22.1 Å². The minimum atomic E-state index is -3.47. The highest BCUT2D eigenvalue weighted by atomic mass is 79.9. The van der Waals surface area contributed by atoms with E-state index in [1.165, 1.54) is 25.5 Å². The molecule has 30 heavy (non-hydrogen) atoms. The topological polar surface area (TPSA) is 85.4 Å². The highest BCUT2D eigenvalue weighted by Gasteiger charge is 2.42. The standard InChI is InChI=1S/C22H30BrN3O3S/c1-12-5-8-18-19(22(24)27)13(2)25(21(18)20(12)23)14(3)26(30(4,28)29)17-10-15-6-7-16(9-15)11-17/h5,8,14-17H,6-7,9-11H2,1-4H3,(H2,24,27). The van der Waals surface area contributed by atoms with Crippen LogP contribution >= 0.6 is 15.9 Å².